The van der Waals surface area contributed by atoms with Crippen LogP contribution in [-0.2, 0) is 21.5 Å². The standard InChI is InChI=1S/C37H29NO7/c1-5-15-44-35(43)38-28-11-9-7-8-10-12-29(40)37(36(28,45-37)20(3)4)26-19-27(39)30-31(32(26)38)34(42)24-17-22-14-13-21(6-2)16-23(22)18-25(24)33(30)41/h5,7-8,13-14,16-20,28-29,39-40H,1,6,15H2,2-4H3/b8-7-/t28-,29+,36-,37-/m0/s1. The van der Waals surface area contributed by atoms with E-state index in [0.717, 1.165) is 22.8 Å². The number of hydrogen-bond acceptors (Lipinski definition) is 7. The zero-order valence-electron chi connectivity index (χ0n) is 24.9. The number of carbonyl (C=O) groups is 3. The highest BCUT2D eigenvalue weighted by molar-refractivity contribution is 6.33. The van der Waals surface area contributed by atoms with Gasteiger partial charge in [0.1, 0.15) is 24.0 Å². The third-order valence-electron chi connectivity index (χ3n) is 9.30. The maximum Gasteiger partial charge on any atom is 0.415 e. The van der Waals surface area contributed by atoms with Gasteiger partial charge >= 0.3 is 6.09 Å². The molecule has 1 saturated heterocycles. The van der Waals surface area contributed by atoms with Crippen molar-refractivity contribution >= 4 is 34.1 Å². The second-order valence-corrected chi connectivity index (χ2v) is 11.9. The third-order valence-corrected chi connectivity index (χ3v) is 9.30. The molecule has 2 aliphatic carbocycles. The number of rotatable bonds is 4. The van der Waals surface area contributed by atoms with Gasteiger partial charge in [-0.2, -0.15) is 0 Å². The summed E-state index contributed by atoms with van der Waals surface area (Å²) in [5.41, 5.74) is -1.83. The average Bonchev–Trinajstić information content (AvgIpc) is 3.76. The van der Waals surface area contributed by atoms with Crippen molar-refractivity contribution in [1.82, 2.24) is 0 Å². The first-order valence-electron chi connectivity index (χ1n) is 14.8. The number of aromatic hydroxyl groups is 1. The number of carbonyl (C=O) groups excluding carboxylic acids is 3. The minimum atomic E-state index is -1.58. The summed E-state index contributed by atoms with van der Waals surface area (Å²) in [6.07, 6.45) is 2.89. The van der Waals surface area contributed by atoms with Crippen LogP contribution >= 0.6 is 0 Å². The lowest BCUT2D eigenvalue weighted by atomic mass is 9.67. The fourth-order valence-corrected chi connectivity index (χ4v) is 7.23. The van der Waals surface area contributed by atoms with Crippen LogP contribution in [0, 0.1) is 29.6 Å². The number of ether oxygens (including phenoxy) is 2. The van der Waals surface area contributed by atoms with E-state index in [9.17, 15) is 24.6 Å². The van der Waals surface area contributed by atoms with Crippen LogP contribution < -0.4 is 4.90 Å². The molecular formula is C37H29NO7. The predicted molar refractivity (Wildman–Crippen MR) is 167 cm³/mol. The number of nitrogens with zero attached hydrogens (tertiary/aromatic N) is 1. The summed E-state index contributed by atoms with van der Waals surface area (Å²) >= 11 is 0. The minimum Gasteiger partial charge on any atom is -0.507 e. The highest BCUT2D eigenvalue weighted by atomic mass is 16.6. The molecule has 0 spiro atoms. The van der Waals surface area contributed by atoms with Gasteiger partial charge in [-0.3, -0.25) is 14.5 Å². The molecule has 8 nitrogen and oxygen atoms in total. The molecule has 0 aromatic heterocycles. The Morgan fingerprint density at radius 1 is 1.07 bits per heavy atom. The molecule has 0 radical (unpaired) electrons. The number of aliphatic hydroxyl groups is 1. The summed E-state index contributed by atoms with van der Waals surface area (Å²) in [6, 6.07) is 9.40. The Labute approximate surface area is 259 Å². The van der Waals surface area contributed by atoms with Crippen molar-refractivity contribution < 1.29 is 34.1 Å². The molecule has 0 saturated carbocycles. The number of phenolic OH excluding ortho intramolecular Hbond substituents is 1. The minimum absolute atomic E-state index is 0.0132. The van der Waals surface area contributed by atoms with Crippen LogP contribution in [0.5, 0.6) is 5.75 Å². The van der Waals surface area contributed by atoms with Crippen LogP contribution in [0.3, 0.4) is 0 Å². The zero-order chi connectivity index (χ0) is 31.8. The number of aryl methyl sites for hydroxylation is 1. The van der Waals surface area contributed by atoms with E-state index in [1.54, 1.807) is 12.1 Å². The second-order valence-electron chi connectivity index (χ2n) is 11.9. The average molecular weight is 600 g/mol. The van der Waals surface area contributed by atoms with E-state index >= 15 is 0 Å². The number of anilines is 1. The van der Waals surface area contributed by atoms with Crippen LogP contribution in [-0.4, -0.2) is 52.2 Å². The lowest BCUT2D eigenvalue weighted by Gasteiger charge is -2.43. The number of allylic oxidation sites excluding steroid dienone is 2. The zero-order valence-corrected chi connectivity index (χ0v) is 24.9. The van der Waals surface area contributed by atoms with Crippen molar-refractivity contribution in [1.29, 1.82) is 0 Å². The fraction of sp³-hybridized carbons (Fsp3) is 0.270. The van der Waals surface area contributed by atoms with E-state index in [4.69, 9.17) is 9.47 Å². The Morgan fingerprint density at radius 3 is 2.44 bits per heavy atom. The molecular weight excluding hydrogens is 570 g/mol. The van der Waals surface area contributed by atoms with E-state index in [0.29, 0.717) is 0 Å². The first-order valence-corrected chi connectivity index (χ1v) is 14.8. The lowest BCUT2D eigenvalue weighted by molar-refractivity contribution is 0.0975. The molecule has 3 aromatic carbocycles. The van der Waals surface area contributed by atoms with Gasteiger partial charge in [0, 0.05) is 16.7 Å². The number of phenols is 1. The molecule has 224 valence electrons. The summed E-state index contributed by atoms with van der Waals surface area (Å²) in [5, 5.41) is 24.7. The molecule has 2 bridgehead atoms. The molecule has 4 aliphatic rings. The molecule has 45 heavy (non-hydrogen) atoms. The predicted octanol–water partition coefficient (Wildman–Crippen LogP) is 4.95. The number of epoxide rings is 1. The SMILES string of the molecule is C=CCOC(=O)N1c2c(cc(O)c3c2C(=O)c2cc4ccc(CC)cc4cc2C3=O)[C@@]23O[C@@]2(C(C)C)[C@@H]1C#C/C=C\C#C[C@H]3O. The van der Waals surface area contributed by atoms with Gasteiger partial charge in [0.05, 0.1) is 16.8 Å². The molecule has 1 fully saturated rings. The van der Waals surface area contributed by atoms with Crippen molar-refractivity contribution in [2.24, 2.45) is 5.92 Å². The summed E-state index contributed by atoms with van der Waals surface area (Å²) in [7, 11) is 0. The van der Waals surface area contributed by atoms with E-state index < -0.39 is 46.8 Å². The maximum atomic E-state index is 14.6. The first kappa shape index (κ1) is 28.6. The van der Waals surface area contributed by atoms with Crippen LogP contribution in [0.1, 0.15) is 63.7 Å². The molecule has 2 heterocycles. The topological polar surface area (TPSA) is 117 Å². The fourth-order valence-electron chi connectivity index (χ4n) is 7.23. The maximum absolute atomic E-state index is 14.6. The summed E-state index contributed by atoms with van der Waals surface area (Å²) in [5.74, 6) is 9.65. The van der Waals surface area contributed by atoms with E-state index in [1.807, 2.05) is 39.0 Å². The van der Waals surface area contributed by atoms with E-state index in [-0.39, 0.29) is 46.0 Å². The van der Waals surface area contributed by atoms with Gasteiger partial charge in [-0.1, -0.05) is 75.3 Å². The van der Waals surface area contributed by atoms with Crippen LogP contribution in [0.15, 0.2) is 61.2 Å². The number of benzene rings is 3. The Morgan fingerprint density at radius 2 is 1.76 bits per heavy atom. The summed E-state index contributed by atoms with van der Waals surface area (Å²) in [6.45, 7) is 9.27. The molecule has 1 amide bonds. The van der Waals surface area contributed by atoms with Gasteiger partial charge in [-0.25, -0.2) is 4.79 Å². The lowest BCUT2D eigenvalue weighted by Crippen LogP contribution is -2.59. The highest BCUT2D eigenvalue weighted by Crippen LogP contribution is 2.70. The monoisotopic (exact) mass is 599 g/mol. The van der Waals surface area contributed by atoms with Crippen LogP contribution in [0.25, 0.3) is 10.8 Å². The Balaban J connectivity index is 1.57. The van der Waals surface area contributed by atoms with Gasteiger partial charge in [-0.05, 0) is 59.0 Å². The number of fused-ring (bicyclic) bond motifs is 5. The Hall–Kier alpha value is -5.15. The van der Waals surface area contributed by atoms with Crippen molar-refractivity contribution in [3.8, 4) is 29.4 Å². The normalized spacial score (nSPS) is 25.8. The molecule has 4 atom stereocenters. The van der Waals surface area contributed by atoms with Crippen molar-refractivity contribution in [2.45, 2.75) is 50.5 Å². The third kappa shape index (κ3) is 3.67. The number of amides is 1. The first-order chi connectivity index (χ1) is 21.6. The molecule has 2 N–H and O–H groups in total. The van der Waals surface area contributed by atoms with Crippen molar-refractivity contribution in [3.05, 3.63) is 94.6 Å². The smallest absolute Gasteiger partial charge is 0.415 e. The molecule has 7 rings (SSSR count). The summed E-state index contributed by atoms with van der Waals surface area (Å²) in [4.78, 5) is 44.0. The number of ketones is 2. The Kier molecular flexibility index (Phi) is 6.32. The molecule has 3 aromatic rings. The quantitative estimate of drug-likeness (QED) is 0.194. The molecule has 0 unspecified atom stereocenters. The highest BCUT2D eigenvalue weighted by Gasteiger charge is 2.83. The Bertz CT molecular complexity index is 2050. The summed E-state index contributed by atoms with van der Waals surface area (Å²) < 4.78 is 12.1. The van der Waals surface area contributed by atoms with Crippen LogP contribution in [0.4, 0.5) is 10.5 Å². The van der Waals surface area contributed by atoms with E-state index in [2.05, 4.69) is 30.3 Å². The second kappa shape index (κ2) is 9.93. The van der Waals surface area contributed by atoms with Crippen LogP contribution in [0.2, 0.25) is 0 Å². The number of aliphatic hydroxyl groups excluding tert-OH is 1. The van der Waals surface area contributed by atoms with Crippen molar-refractivity contribution in [3.63, 3.8) is 0 Å². The van der Waals surface area contributed by atoms with Gasteiger partial charge in [0.2, 0.25) is 0 Å². The van der Waals surface area contributed by atoms with Gasteiger partial charge in [0.15, 0.2) is 23.3 Å². The van der Waals surface area contributed by atoms with Gasteiger partial charge in [-0.15, -0.1) is 0 Å². The molecule has 8 heteroatoms. The van der Waals surface area contributed by atoms with Gasteiger partial charge in [0.25, 0.3) is 0 Å². The van der Waals surface area contributed by atoms with Gasteiger partial charge < -0.3 is 19.7 Å². The van der Waals surface area contributed by atoms with E-state index in [1.165, 1.54) is 29.2 Å². The largest absolute Gasteiger partial charge is 0.507 e. The molecule has 2 aliphatic heterocycles. The van der Waals surface area contributed by atoms with Crippen molar-refractivity contribution in [2.75, 3.05) is 11.5 Å². The number of hydrogen-bond donors (Lipinski definition) is 2.